The van der Waals surface area contributed by atoms with Gasteiger partial charge in [-0.05, 0) is 18.6 Å². The van der Waals surface area contributed by atoms with Crippen molar-refractivity contribution in [3.8, 4) is 17.2 Å². The first-order valence-electron chi connectivity index (χ1n) is 4.18. The topological polar surface area (TPSA) is 107 Å². The lowest BCUT2D eigenvalue weighted by atomic mass is 10.0. The molecule has 0 amide bonds. The number of hydrogen-bond acceptors (Lipinski definition) is 5. The van der Waals surface area contributed by atoms with Gasteiger partial charge in [0.1, 0.15) is 0 Å². The smallest absolute Gasteiger partial charge is 0.200 e. The van der Waals surface area contributed by atoms with Gasteiger partial charge in [-0.2, -0.15) is 0 Å². The molecule has 0 aromatic heterocycles. The van der Waals surface area contributed by atoms with Crippen LogP contribution in [0.1, 0.15) is 18.0 Å². The lowest BCUT2D eigenvalue weighted by molar-refractivity contribution is 0.274. The van der Waals surface area contributed by atoms with E-state index < -0.39 is 23.3 Å². The molecule has 0 aliphatic rings. The van der Waals surface area contributed by atoms with E-state index in [-0.39, 0.29) is 25.4 Å². The minimum Gasteiger partial charge on any atom is -0.504 e. The first-order valence-corrected chi connectivity index (χ1v) is 4.18. The molecule has 0 bridgehead atoms. The van der Waals surface area contributed by atoms with Gasteiger partial charge in [-0.25, -0.2) is 0 Å². The molecule has 6 N–H and O–H groups in total. The minimum atomic E-state index is -0.587. The third-order valence-corrected chi connectivity index (χ3v) is 2.00. The van der Waals surface area contributed by atoms with E-state index in [1.165, 1.54) is 12.1 Å². The molecule has 0 spiro atoms. The molecule has 1 aromatic carbocycles. The van der Waals surface area contributed by atoms with Gasteiger partial charge in [0.15, 0.2) is 11.5 Å². The minimum absolute atomic E-state index is 0. The van der Waals surface area contributed by atoms with E-state index in [0.29, 0.717) is 5.56 Å². The number of halogens is 1. The number of rotatable bonds is 3. The molecule has 0 unspecified atom stereocenters. The summed E-state index contributed by atoms with van der Waals surface area (Å²) < 4.78 is 0. The second-order valence-corrected chi connectivity index (χ2v) is 2.99. The van der Waals surface area contributed by atoms with Crippen molar-refractivity contribution in [3.63, 3.8) is 0 Å². The van der Waals surface area contributed by atoms with Crippen molar-refractivity contribution in [2.75, 3.05) is 6.61 Å². The van der Waals surface area contributed by atoms with Crippen LogP contribution in [0.2, 0.25) is 0 Å². The highest BCUT2D eigenvalue weighted by atomic mass is 35.5. The Morgan fingerprint density at radius 1 is 1.13 bits per heavy atom. The van der Waals surface area contributed by atoms with Crippen molar-refractivity contribution in [2.45, 2.75) is 12.5 Å². The van der Waals surface area contributed by atoms with E-state index in [1.54, 1.807) is 0 Å². The van der Waals surface area contributed by atoms with Crippen molar-refractivity contribution >= 4 is 12.4 Å². The zero-order chi connectivity index (χ0) is 10.7. The van der Waals surface area contributed by atoms with Crippen molar-refractivity contribution in [1.29, 1.82) is 0 Å². The van der Waals surface area contributed by atoms with Crippen molar-refractivity contribution in [2.24, 2.45) is 5.73 Å². The molecule has 0 fully saturated rings. The summed E-state index contributed by atoms with van der Waals surface area (Å²) in [5, 5.41) is 36.3. The van der Waals surface area contributed by atoms with Crippen LogP contribution in [-0.2, 0) is 0 Å². The highest BCUT2D eigenvalue weighted by molar-refractivity contribution is 5.85. The fourth-order valence-electron chi connectivity index (χ4n) is 1.18. The highest BCUT2D eigenvalue weighted by Crippen LogP contribution is 2.39. The lowest BCUT2D eigenvalue weighted by Crippen LogP contribution is -2.11. The van der Waals surface area contributed by atoms with Crippen LogP contribution in [0.15, 0.2) is 12.1 Å². The first-order chi connectivity index (χ1) is 6.57. The SMILES string of the molecule is Cl.N[C@@H](CCO)c1ccc(O)c(O)c1O. The van der Waals surface area contributed by atoms with Crippen molar-refractivity contribution in [1.82, 2.24) is 0 Å². The van der Waals surface area contributed by atoms with Gasteiger partial charge in [-0.3, -0.25) is 0 Å². The fourth-order valence-corrected chi connectivity index (χ4v) is 1.18. The third kappa shape index (κ3) is 2.89. The molecular weight excluding hydrogens is 222 g/mol. The molecule has 5 nitrogen and oxygen atoms in total. The Morgan fingerprint density at radius 2 is 1.73 bits per heavy atom. The Morgan fingerprint density at radius 3 is 2.27 bits per heavy atom. The van der Waals surface area contributed by atoms with Gasteiger partial charge < -0.3 is 26.2 Å². The Kier molecular flexibility index (Phi) is 5.21. The summed E-state index contributed by atoms with van der Waals surface area (Å²) in [6.45, 7) is -0.109. The van der Waals surface area contributed by atoms with Crippen LogP contribution in [0, 0.1) is 0 Å². The van der Waals surface area contributed by atoms with Crippen LogP contribution in [0.5, 0.6) is 17.2 Å². The lowest BCUT2D eigenvalue weighted by Gasteiger charge is -2.13. The average Bonchev–Trinajstić information content (AvgIpc) is 2.15. The summed E-state index contributed by atoms with van der Waals surface area (Å²) in [5.74, 6) is -1.43. The number of benzene rings is 1. The summed E-state index contributed by atoms with van der Waals surface area (Å²) in [6, 6.07) is 2.08. The van der Waals surface area contributed by atoms with Crippen molar-refractivity contribution in [3.05, 3.63) is 17.7 Å². The average molecular weight is 236 g/mol. The van der Waals surface area contributed by atoms with Crippen LogP contribution >= 0.6 is 12.4 Å². The molecule has 0 saturated heterocycles. The quantitative estimate of drug-likeness (QED) is 0.494. The second kappa shape index (κ2) is 5.65. The normalized spacial score (nSPS) is 11.9. The van der Waals surface area contributed by atoms with Crippen LogP contribution < -0.4 is 5.73 Å². The Labute approximate surface area is 93.2 Å². The molecule has 0 aliphatic carbocycles. The molecule has 86 valence electrons. The summed E-state index contributed by atoms with van der Waals surface area (Å²) in [4.78, 5) is 0. The number of hydrogen-bond donors (Lipinski definition) is 5. The number of nitrogens with two attached hydrogens (primary N) is 1. The fraction of sp³-hybridized carbons (Fsp3) is 0.333. The van der Waals surface area contributed by atoms with E-state index in [9.17, 15) is 10.2 Å². The number of phenolic OH excluding ortho intramolecular Hbond substituents is 3. The Bertz CT molecular complexity index is 332. The summed E-state index contributed by atoms with van der Waals surface area (Å²) >= 11 is 0. The van der Waals surface area contributed by atoms with E-state index in [2.05, 4.69) is 0 Å². The molecule has 1 rings (SSSR count). The zero-order valence-electron chi connectivity index (χ0n) is 7.92. The number of aliphatic hydroxyl groups excluding tert-OH is 1. The molecule has 1 atom stereocenters. The van der Waals surface area contributed by atoms with Gasteiger partial charge in [0, 0.05) is 18.2 Å². The highest BCUT2D eigenvalue weighted by Gasteiger charge is 2.15. The van der Waals surface area contributed by atoms with Gasteiger partial charge in [0.25, 0.3) is 0 Å². The van der Waals surface area contributed by atoms with Crippen LogP contribution in [0.25, 0.3) is 0 Å². The van der Waals surface area contributed by atoms with E-state index in [1.807, 2.05) is 0 Å². The largest absolute Gasteiger partial charge is 0.504 e. The van der Waals surface area contributed by atoms with Gasteiger partial charge in [0.05, 0.1) is 0 Å². The first kappa shape index (κ1) is 13.8. The van der Waals surface area contributed by atoms with Crippen molar-refractivity contribution < 1.29 is 20.4 Å². The standard InChI is InChI=1S/C9H13NO4.ClH/c10-6(3-4-11)5-1-2-7(12)9(14)8(5)13;/h1-2,6,11-14H,3-4,10H2;1H/t6-;/m0./s1. The maximum Gasteiger partial charge on any atom is 0.200 e. The predicted molar refractivity (Wildman–Crippen MR) is 57.3 cm³/mol. The van der Waals surface area contributed by atoms with Crippen LogP contribution in [0.3, 0.4) is 0 Å². The zero-order valence-corrected chi connectivity index (χ0v) is 8.74. The molecule has 0 radical (unpaired) electrons. The molecule has 0 heterocycles. The van der Waals surface area contributed by atoms with Gasteiger partial charge in [-0.1, -0.05) is 0 Å². The number of aromatic hydroxyl groups is 3. The molecule has 6 heteroatoms. The molecule has 1 aromatic rings. The summed E-state index contributed by atoms with van der Waals surface area (Å²) in [6.07, 6.45) is 0.276. The monoisotopic (exact) mass is 235 g/mol. The molecule has 0 saturated carbocycles. The maximum atomic E-state index is 9.40. The summed E-state index contributed by atoms with van der Waals surface area (Å²) in [5.41, 5.74) is 5.91. The maximum absolute atomic E-state index is 9.40. The van der Waals surface area contributed by atoms with E-state index in [4.69, 9.17) is 15.9 Å². The summed E-state index contributed by atoms with van der Waals surface area (Å²) in [7, 11) is 0. The van der Waals surface area contributed by atoms with E-state index >= 15 is 0 Å². The Hall–Kier alpha value is -1.17. The molecule has 15 heavy (non-hydrogen) atoms. The van der Waals surface area contributed by atoms with Gasteiger partial charge >= 0.3 is 0 Å². The molecular formula is C9H14ClNO4. The predicted octanol–water partition coefficient (Wildman–Crippen LogP) is 0.607. The Balaban J connectivity index is 0.00000196. The second-order valence-electron chi connectivity index (χ2n) is 2.99. The third-order valence-electron chi connectivity index (χ3n) is 2.00. The molecule has 0 aliphatic heterocycles. The van der Waals surface area contributed by atoms with Gasteiger partial charge in [0.2, 0.25) is 5.75 Å². The van der Waals surface area contributed by atoms with Crippen LogP contribution in [-0.4, -0.2) is 27.0 Å². The number of phenols is 3. The van der Waals surface area contributed by atoms with Crippen LogP contribution in [0.4, 0.5) is 0 Å². The van der Waals surface area contributed by atoms with Gasteiger partial charge in [-0.15, -0.1) is 12.4 Å². The number of aliphatic hydroxyl groups is 1. The van der Waals surface area contributed by atoms with E-state index in [0.717, 1.165) is 0 Å².